The first-order valence-electron chi connectivity index (χ1n) is 7.36. The third-order valence-electron chi connectivity index (χ3n) is 3.61. The van der Waals surface area contributed by atoms with Gasteiger partial charge in [0.1, 0.15) is 5.75 Å². The number of nitrogens with one attached hydrogen (secondary N) is 1. The SMILES string of the molecule is COc1ccc2cc(/C=N\Nc3ccc(C(=O)O)cc3)ccc2c1. The van der Waals surface area contributed by atoms with Crippen LogP contribution in [0.4, 0.5) is 5.69 Å². The molecule has 3 rings (SSSR count). The minimum atomic E-state index is -0.946. The summed E-state index contributed by atoms with van der Waals surface area (Å²) < 4.78 is 5.22. The second-order valence-corrected chi connectivity index (χ2v) is 5.23. The van der Waals surface area contributed by atoms with E-state index >= 15 is 0 Å². The molecule has 0 heterocycles. The van der Waals surface area contributed by atoms with Crippen LogP contribution in [0.25, 0.3) is 10.8 Å². The van der Waals surface area contributed by atoms with Gasteiger partial charge in [-0.2, -0.15) is 5.10 Å². The fourth-order valence-electron chi connectivity index (χ4n) is 2.32. The quantitative estimate of drug-likeness (QED) is 0.551. The van der Waals surface area contributed by atoms with E-state index in [1.807, 2.05) is 36.4 Å². The van der Waals surface area contributed by atoms with E-state index in [2.05, 4.69) is 10.5 Å². The smallest absolute Gasteiger partial charge is 0.335 e. The summed E-state index contributed by atoms with van der Waals surface area (Å²) in [7, 11) is 1.65. The lowest BCUT2D eigenvalue weighted by Crippen LogP contribution is -1.96. The van der Waals surface area contributed by atoms with Gasteiger partial charge in [-0.25, -0.2) is 4.79 Å². The van der Waals surface area contributed by atoms with Crippen LogP contribution in [-0.4, -0.2) is 24.4 Å². The lowest BCUT2D eigenvalue weighted by Gasteiger charge is -2.04. The van der Waals surface area contributed by atoms with Crippen LogP contribution < -0.4 is 10.2 Å². The number of methoxy groups -OCH3 is 1. The highest BCUT2D eigenvalue weighted by Gasteiger charge is 2.01. The van der Waals surface area contributed by atoms with Gasteiger partial charge in [-0.05, 0) is 58.8 Å². The fourth-order valence-corrected chi connectivity index (χ4v) is 2.32. The highest BCUT2D eigenvalue weighted by Crippen LogP contribution is 2.21. The molecule has 3 aromatic carbocycles. The van der Waals surface area contributed by atoms with E-state index in [0.717, 1.165) is 27.8 Å². The zero-order chi connectivity index (χ0) is 16.9. The predicted molar refractivity (Wildman–Crippen MR) is 95.1 cm³/mol. The van der Waals surface area contributed by atoms with Crippen LogP contribution in [0.5, 0.6) is 5.75 Å². The summed E-state index contributed by atoms with van der Waals surface area (Å²) in [5.41, 5.74) is 4.81. The van der Waals surface area contributed by atoms with Crippen molar-refractivity contribution in [1.29, 1.82) is 0 Å². The number of carboxylic acid groups (broad SMARTS) is 1. The molecule has 0 aliphatic carbocycles. The Kier molecular flexibility index (Phi) is 4.43. The highest BCUT2D eigenvalue weighted by molar-refractivity contribution is 5.91. The van der Waals surface area contributed by atoms with Gasteiger partial charge in [0.05, 0.1) is 24.6 Å². The number of aromatic carboxylic acids is 1. The number of benzene rings is 3. The van der Waals surface area contributed by atoms with E-state index < -0.39 is 5.97 Å². The van der Waals surface area contributed by atoms with Crippen LogP contribution in [0.2, 0.25) is 0 Å². The number of hydrogen-bond acceptors (Lipinski definition) is 4. The average Bonchev–Trinajstić information content (AvgIpc) is 2.61. The molecule has 0 atom stereocenters. The summed E-state index contributed by atoms with van der Waals surface area (Å²) in [6.45, 7) is 0. The number of fused-ring (bicyclic) bond motifs is 1. The van der Waals surface area contributed by atoms with Crippen LogP contribution in [0.1, 0.15) is 15.9 Å². The predicted octanol–water partition coefficient (Wildman–Crippen LogP) is 3.99. The third kappa shape index (κ3) is 3.52. The van der Waals surface area contributed by atoms with Crippen molar-refractivity contribution in [1.82, 2.24) is 0 Å². The molecule has 0 radical (unpaired) electrons. The Morgan fingerprint density at radius 2 is 1.75 bits per heavy atom. The number of hydrazone groups is 1. The van der Waals surface area contributed by atoms with E-state index in [9.17, 15) is 4.79 Å². The molecule has 24 heavy (non-hydrogen) atoms. The molecule has 0 amide bonds. The molecule has 0 saturated heterocycles. The molecule has 0 unspecified atom stereocenters. The van der Waals surface area contributed by atoms with E-state index in [1.165, 1.54) is 12.1 Å². The van der Waals surface area contributed by atoms with Crippen LogP contribution >= 0.6 is 0 Å². The van der Waals surface area contributed by atoms with Gasteiger partial charge < -0.3 is 9.84 Å². The van der Waals surface area contributed by atoms with E-state index in [0.29, 0.717) is 0 Å². The molecule has 0 aliphatic heterocycles. The van der Waals surface area contributed by atoms with Gasteiger partial charge >= 0.3 is 5.97 Å². The lowest BCUT2D eigenvalue weighted by atomic mass is 10.1. The van der Waals surface area contributed by atoms with Crippen molar-refractivity contribution in [3.8, 4) is 5.75 Å². The van der Waals surface area contributed by atoms with Crippen LogP contribution in [0.3, 0.4) is 0 Å². The molecular formula is C19H16N2O3. The van der Waals surface area contributed by atoms with E-state index in [4.69, 9.17) is 9.84 Å². The maximum Gasteiger partial charge on any atom is 0.335 e. The number of nitrogens with zero attached hydrogens (tertiary/aromatic N) is 1. The zero-order valence-corrected chi connectivity index (χ0v) is 13.1. The molecular weight excluding hydrogens is 304 g/mol. The lowest BCUT2D eigenvalue weighted by molar-refractivity contribution is 0.0697. The molecule has 0 aromatic heterocycles. The molecule has 2 N–H and O–H groups in total. The Labute approximate surface area is 139 Å². The van der Waals surface area contributed by atoms with Crippen molar-refractivity contribution >= 4 is 28.6 Å². The first kappa shape index (κ1) is 15.6. The number of anilines is 1. The van der Waals surface area contributed by atoms with Crippen molar-refractivity contribution in [3.63, 3.8) is 0 Å². The van der Waals surface area contributed by atoms with Crippen molar-refractivity contribution in [2.45, 2.75) is 0 Å². The number of rotatable bonds is 5. The standard InChI is InChI=1S/C19H16N2O3/c1-24-18-9-6-15-10-13(2-3-16(15)11-18)12-20-21-17-7-4-14(5-8-17)19(22)23/h2-12,21H,1H3,(H,22,23)/b20-12-. The van der Waals surface area contributed by atoms with Crippen molar-refractivity contribution < 1.29 is 14.6 Å². The monoisotopic (exact) mass is 320 g/mol. The number of hydrogen-bond donors (Lipinski definition) is 2. The minimum Gasteiger partial charge on any atom is -0.497 e. The Balaban J connectivity index is 1.72. The minimum absolute atomic E-state index is 0.245. The van der Waals surface area contributed by atoms with Crippen LogP contribution in [0, 0.1) is 0 Å². The molecule has 5 heteroatoms. The molecule has 5 nitrogen and oxygen atoms in total. The highest BCUT2D eigenvalue weighted by atomic mass is 16.5. The van der Waals surface area contributed by atoms with Gasteiger partial charge in [0.2, 0.25) is 0 Å². The second kappa shape index (κ2) is 6.83. The molecule has 0 spiro atoms. The van der Waals surface area contributed by atoms with Crippen LogP contribution in [-0.2, 0) is 0 Å². The topological polar surface area (TPSA) is 70.9 Å². The Bertz CT molecular complexity index is 902. The van der Waals surface area contributed by atoms with Gasteiger partial charge in [0.25, 0.3) is 0 Å². The van der Waals surface area contributed by atoms with Gasteiger partial charge in [-0.15, -0.1) is 0 Å². The summed E-state index contributed by atoms with van der Waals surface area (Å²) >= 11 is 0. The second-order valence-electron chi connectivity index (χ2n) is 5.23. The van der Waals surface area contributed by atoms with Gasteiger partial charge in [0, 0.05) is 0 Å². The summed E-state index contributed by atoms with van der Waals surface area (Å²) in [6, 6.07) is 18.3. The fraction of sp³-hybridized carbons (Fsp3) is 0.0526. The Hall–Kier alpha value is -3.34. The summed E-state index contributed by atoms with van der Waals surface area (Å²) in [4.78, 5) is 10.8. The number of ether oxygens (including phenoxy) is 1. The Morgan fingerprint density at radius 3 is 2.46 bits per heavy atom. The van der Waals surface area contributed by atoms with Crippen molar-refractivity contribution in [2.24, 2.45) is 5.10 Å². The first-order chi connectivity index (χ1) is 11.7. The summed E-state index contributed by atoms with van der Waals surface area (Å²) in [5.74, 6) is -0.117. The first-order valence-corrected chi connectivity index (χ1v) is 7.36. The maximum absolute atomic E-state index is 10.8. The van der Waals surface area contributed by atoms with E-state index in [1.54, 1.807) is 25.5 Å². The number of carbonyl (C=O) groups is 1. The van der Waals surface area contributed by atoms with Crippen molar-refractivity contribution in [3.05, 3.63) is 71.8 Å². The van der Waals surface area contributed by atoms with Gasteiger partial charge in [-0.3, -0.25) is 5.43 Å². The Morgan fingerprint density at radius 1 is 1.04 bits per heavy atom. The summed E-state index contributed by atoms with van der Waals surface area (Å²) in [6.07, 6.45) is 1.72. The molecule has 0 saturated carbocycles. The third-order valence-corrected chi connectivity index (χ3v) is 3.61. The molecule has 3 aromatic rings. The maximum atomic E-state index is 10.8. The normalized spacial score (nSPS) is 10.9. The number of carboxylic acids is 1. The van der Waals surface area contributed by atoms with Gasteiger partial charge in [-0.1, -0.05) is 18.2 Å². The average molecular weight is 320 g/mol. The van der Waals surface area contributed by atoms with Crippen molar-refractivity contribution in [2.75, 3.05) is 12.5 Å². The molecule has 0 fully saturated rings. The van der Waals surface area contributed by atoms with E-state index in [-0.39, 0.29) is 5.56 Å². The molecule has 0 aliphatic rings. The largest absolute Gasteiger partial charge is 0.497 e. The molecule has 0 bridgehead atoms. The van der Waals surface area contributed by atoms with Gasteiger partial charge in [0.15, 0.2) is 0 Å². The zero-order valence-electron chi connectivity index (χ0n) is 13.1. The van der Waals surface area contributed by atoms with Crippen LogP contribution in [0.15, 0.2) is 65.8 Å². The summed E-state index contributed by atoms with van der Waals surface area (Å²) in [5, 5.41) is 15.2. The molecule has 120 valence electrons.